The monoisotopic (exact) mass is 307 g/mol. The lowest BCUT2D eigenvalue weighted by Gasteiger charge is -2.26. The Morgan fingerprint density at radius 3 is 2.47 bits per heavy atom. The van der Waals surface area contributed by atoms with Crippen molar-refractivity contribution in [3.05, 3.63) is 29.6 Å². The maximum Gasteiger partial charge on any atom is 0.243 e. The van der Waals surface area contributed by atoms with E-state index in [0.29, 0.717) is 24.4 Å². The first-order valence-electron chi connectivity index (χ1n) is 6.14. The number of nitrogens with zero attached hydrogens (tertiary/aromatic N) is 1. The summed E-state index contributed by atoms with van der Waals surface area (Å²) in [4.78, 5) is 0.150. The van der Waals surface area contributed by atoms with Crippen molar-refractivity contribution in [1.29, 1.82) is 0 Å². The normalized spacial score (nSPS) is 12.4. The van der Waals surface area contributed by atoms with Gasteiger partial charge in [0.05, 0.1) is 4.90 Å². The molecule has 0 saturated heterocycles. The lowest BCUT2D eigenvalue weighted by molar-refractivity contribution is 0.354. The van der Waals surface area contributed by atoms with E-state index in [0.717, 1.165) is 0 Å². The fourth-order valence-corrected chi connectivity index (χ4v) is 3.90. The molecule has 0 aromatic heterocycles. The first-order valence-corrected chi connectivity index (χ1v) is 8.12. The van der Waals surface area contributed by atoms with Crippen LogP contribution in [0.2, 0.25) is 0 Å². The van der Waals surface area contributed by atoms with Gasteiger partial charge in [-0.25, -0.2) is 12.8 Å². The average Bonchev–Trinajstić information content (AvgIpc) is 2.27. The molecule has 0 unspecified atom stereocenters. The van der Waals surface area contributed by atoms with Gasteiger partial charge < -0.3 is 0 Å². The van der Waals surface area contributed by atoms with Gasteiger partial charge in [-0.3, -0.25) is 0 Å². The van der Waals surface area contributed by atoms with Gasteiger partial charge in [0, 0.05) is 18.5 Å². The van der Waals surface area contributed by atoms with Crippen LogP contribution in [0.15, 0.2) is 23.1 Å². The average molecular weight is 308 g/mol. The van der Waals surface area contributed by atoms with Crippen molar-refractivity contribution >= 4 is 21.6 Å². The molecule has 1 aromatic carbocycles. The molecule has 108 valence electrons. The van der Waals surface area contributed by atoms with Crippen LogP contribution in [0.3, 0.4) is 0 Å². The van der Waals surface area contributed by atoms with Gasteiger partial charge in [-0.15, -0.1) is 11.6 Å². The summed E-state index contributed by atoms with van der Waals surface area (Å²) in [6.07, 6.45) is 0.583. The SMILES string of the molecule is Cc1cc(F)ccc1S(=O)(=O)N(CCCCl)C(C)C. The lowest BCUT2D eigenvalue weighted by atomic mass is 10.2. The topological polar surface area (TPSA) is 37.4 Å². The molecule has 1 rings (SSSR count). The van der Waals surface area contributed by atoms with Gasteiger partial charge in [-0.05, 0) is 51.0 Å². The molecule has 3 nitrogen and oxygen atoms in total. The zero-order valence-electron chi connectivity index (χ0n) is 11.4. The number of alkyl halides is 1. The van der Waals surface area contributed by atoms with Crippen LogP contribution in [-0.4, -0.2) is 31.2 Å². The van der Waals surface area contributed by atoms with Crippen molar-refractivity contribution in [2.75, 3.05) is 12.4 Å². The molecule has 19 heavy (non-hydrogen) atoms. The molecule has 0 amide bonds. The van der Waals surface area contributed by atoms with E-state index in [9.17, 15) is 12.8 Å². The highest BCUT2D eigenvalue weighted by atomic mass is 35.5. The van der Waals surface area contributed by atoms with Gasteiger partial charge in [-0.1, -0.05) is 0 Å². The zero-order valence-corrected chi connectivity index (χ0v) is 12.9. The van der Waals surface area contributed by atoms with Gasteiger partial charge in [0.2, 0.25) is 10.0 Å². The number of halogens is 2. The van der Waals surface area contributed by atoms with Crippen LogP contribution >= 0.6 is 11.6 Å². The molecule has 0 aliphatic carbocycles. The largest absolute Gasteiger partial charge is 0.243 e. The third kappa shape index (κ3) is 3.91. The van der Waals surface area contributed by atoms with E-state index in [1.165, 1.54) is 22.5 Å². The van der Waals surface area contributed by atoms with E-state index < -0.39 is 15.8 Å². The first-order chi connectivity index (χ1) is 8.80. The van der Waals surface area contributed by atoms with Crippen LogP contribution in [0.25, 0.3) is 0 Å². The molecule has 0 aliphatic heterocycles. The van der Waals surface area contributed by atoms with Gasteiger partial charge in [0.15, 0.2) is 0 Å². The molecule has 0 bridgehead atoms. The summed E-state index contributed by atoms with van der Waals surface area (Å²) in [5, 5.41) is 0. The zero-order chi connectivity index (χ0) is 14.6. The predicted molar refractivity (Wildman–Crippen MR) is 75.5 cm³/mol. The summed E-state index contributed by atoms with van der Waals surface area (Å²) < 4.78 is 39.6. The maximum absolute atomic E-state index is 13.1. The standard InChI is InChI=1S/C13H19ClFNO2S/c1-10(2)16(8-4-7-14)19(17,18)13-6-5-12(15)9-11(13)3/h5-6,9-10H,4,7-8H2,1-3H3. The molecule has 0 atom stereocenters. The van der Waals surface area contributed by atoms with Crippen molar-refractivity contribution in [3.8, 4) is 0 Å². The number of rotatable bonds is 6. The Hall–Kier alpha value is -0.650. The number of benzene rings is 1. The Labute approximate surface area is 119 Å². The van der Waals surface area contributed by atoms with E-state index in [4.69, 9.17) is 11.6 Å². The molecule has 1 aromatic rings. The molecule has 0 heterocycles. The first kappa shape index (κ1) is 16.4. The van der Waals surface area contributed by atoms with Crippen molar-refractivity contribution in [2.24, 2.45) is 0 Å². The molecular weight excluding hydrogens is 289 g/mol. The second kappa shape index (κ2) is 6.68. The summed E-state index contributed by atoms with van der Waals surface area (Å²) in [7, 11) is -3.61. The summed E-state index contributed by atoms with van der Waals surface area (Å²) in [6, 6.07) is 3.54. The Morgan fingerprint density at radius 1 is 1.37 bits per heavy atom. The molecule has 0 radical (unpaired) electrons. The highest BCUT2D eigenvalue weighted by Gasteiger charge is 2.27. The third-order valence-electron chi connectivity index (χ3n) is 2.81. The minimum Gasteiger partial charge on any atom is -0.207 e. The minimum absolute atomic E-state index is 0.150. The Kier molecular flexibility index (Phi) is 5.77. The molecule has 0 saturated carbocycles. The molecule has 0 N–H and O–H groups in total. The van der Waals surface area contributed by atoms with Gasteiger partial charge in [-0.2, -0.15) is 4.31 Å². The predicted octanol–water partition coefficient (Wildman–Crippen LogP) is 3.16. The summed E-state index contributed by atoms with van der Waals surface area (Å²) >= 11 is 5.63. The van der Waals surface area contributed by atoms with Crippen LogP contribution in [0, 0.1) is 12.7 Å². The summed E-state index contributed by atoms with van der Waals surface area (Å²) in [5.41, 5.74) is 0.413. The van der Waals surface area contributed by atoms with E-state index in [-0.39, 0.29) is 10.9 Å². The molecule has 0 spiro atoms. The van der Waals surface area contributed by atoms with Crippen molar-refractivity contribution in [3.63, 3.8) is 0 Å². The Morgan fingerprint density at radius 2 is 2.00 bits per heavy atom. The number of hydrogen-bond acceptors (Lipinski definition) is 2. The molecule has 0 aliphatic rings. The second-order valence-electron chi connectivity index (χ2n) is 4.66. The smallest absolute Gasteiger partial charge is 0.207 e. The maximum atomic E-state index is 13.1. The van der Waals surface area contributed by atoms with Gasteiger partial charge >= 0.3 is 0 Å². The summed E-state index contributed by atoms with van der Waals surface area (Å²) in [5.74, 6) is -0.0328. The van der Waals surface area contributed by atoms with Crippen molar-refractivity contribution < 1.29 is 12.8 Å². The minimum atomic E-state index is -3.61. The number of hydrogen-bond donors (Lipinski definition) is 0. The number of sulfonamides is 1. The van der Waals surface area contributed by atoms with Crippen LogP contribution in [0.5, 0.6) is 0 Å². The Balaban J connectivity index is 3.19. The summed E-state index contributed by atoms with van der Waals surface area (Å²) in [6.45, 7) is 5.58. The van der Waals surface area contributed by atoms with E-state index in [1.54, 1.807) is 6.92 Å². The van der Waals surface area contributed by atoms with Crippen LogP contribution in [0.1, 0.15) is 25.8 Å². The Bertz CT molecular complexity index is 531. The van der Waals surface area contributed by atoms with Crippen molar-refractivity contribution in [2.45, 2.75) is 38.1 Å². The quantitative estimate of drug-likeness (QED) is 0.757. The van der Waals surface area contributed by atoms with Crippen LogP contribution in [0.4, 0.5) is 4.39 Å². The lowest BCUT2D eigenvalue weighted by Crippen LogP contribution is -2.38. The highest BCUT2D eigenvalue weighted by molar-refractivity contribution is 7.89. The molecular formula is C13H19ClFNO2S. The van der Waals surface area contributed by atoms with Crippen LogP contribution in [-0.2, 0) is 10.0 Å². The van der Waals surface area contributed by atoms with E-state index in [2.05, 4.69) is 0 Å². The van der Waals surface area contributed by atoms with Gasteiger partial charge in [0.1, 0.15) is 5.82 Å². The van der Waals surface area contributed by atoms with Crippen molar-refractivity contribution in [1.82, 2.24) is 4.31 Å². The third-order valence-corrected chi connectivity index (χ3v) is 5.31. The van der Waals surface area contributed by atoms with E-state index in [1.807, 2.05) is 13.8 Å². The van der Waals surface area contributed by atoms with Crippen LogP contribution < -0.4 is 0 Å². The van der Waals surface area contributed by atoms with E-state index >= 15 is 0 Å². The second-order valence-corrected chi connectivity index (χ2v) is 6.90. The fourth-order valence-electron chi connectivity index (χ4n) is 1.90. The highest BCUT2D eigenvalue weighted by Crippen LogP contribution is 2.22. The molecule has 0 fully saturated rings. The number of aryl methyl sites for hydroxylation is 1. The fraction of sp³-hybridized carbons (Fsp3) is 0.538. The van der Waals surface area contributed by atoms with Gasteiger partial charge in [0.25, 0.3) is 0 Å². The molecule has 6 heteroatoms.